The molecule has 0 saturated carbocycles. The van der Waals surface area contributed by atoms with Crippen molar-refractivity contribution in [3.63, 3.8) is 0 Å². The van der Waals surface area contributed by atoms with Gasteiger partial charge in [0, 0.05) is 0 Å². The Labute approximate surface area is 344 Å². The SMILES string of the molecule is CCCc1cc2c(-c3cccc(C)c3C)cccc2[cH-]1.CCCc1cc2c(-c3cccc(C)c3C)cccc2[cH-]1.[B]N([Si](C)(C)C)[Si](C)(C)C.[Cl][Zr+2][Cl]. The van der Waals surface area contributed by atoms with Crippen LogP contribution in [0.5, 0.6) is 0 Å². The van der Waals surface area contributed by atoms with Gasteiger partial charge in [-0.1, -0.05) is 126 Å². The Hall–Kier alpha value is -1.98. The van der Waals surface area contributed by atoms with E-state index in [1.54, 1.807) is 0 Å². The summed E-state index contributed by atoms with van der Waals surface area (Å²) < 4.78 is 2.15. The molecule has 6 aromatic carbocycles. The van der Waals surface area contributed by atoms with Gasteiger partial charge >= 0.3 is 37.9 Å². The van der Waals surface area contributed by atoms with Crippen LogP contribution in [-0.4, -0.2) is 28.6 Å². The molecule has 0 amide bonds. The zero-order valence-corrected chi connectivity index (χ0v) is 40.3. The van der Waals surface area contributed by atoms with E-state index in [-0.39, 0.29) is 0 Å². The molecule has 2 radical (unpaired) electrons. The molecule has 0 bridgehead atoms. The van der Waals surface area contributed by atoms with E-state index in [4.69, 9.17) is 25.0 Å². The third-order valence-corrected chi connectivity index (χ3v) is 16.8. The topological polar surface area (TPSA) is 3.24 Å². The third-order valence-electron chi connectivity index (χ3n) is 9.93. The van der Waals surface area contributed by atoms with Gasteiger partial charge in [0.25, 0.3) is 0 Å². The molecular formula is C46H60BCl2NSi2Zr. The molecule has 53 heavy (non-hydrogen) atoms. The summed E-state index contributed by atoms with van der Waals surface area (Å²) in [6.45, 7) is 27.0. The molecule has 0 aromatic heterocycles. The number of nitrogens with zero attached hydrogens (tertiary/aromatic N) is 1. The van der Waals surface area contributed by atoms with E-state index in [0.29, 0.717) is 0 Å². The standard InChI is InChI=1S/2C20H21.C6H18BNSi2.2ClH.Zr/c2*1-4-7-16-12-17-9-6-11-19(20(17)13-16)18-10-5-8-14(2)15(18)3;1-9(2,3)8(7)10(4,5)6;;;/h2*5-6,8-13H,4,7H2,1-3H3;1-6H3;2*1H;/q2*-1;;;;+4/p-2. The minimum atomic E-state index is -1.22. The van der Waals surface area contributed by atoms with Crippen LogP contribution in [-0.2, 0) is 33.7 Å². The van der Waals surface area contributed by atoms with Crippen LogP contribution in [0.15, 0.2) is 97.1 Å². The average molecular weight is 856 g/mol. The van der Waals surface area contributed by atoms with Gasteiger partial charge in [0.05, 0.1) is 0 Å². The molecular weight excluding hydrogens is 796 g/mol. The number of rotatable bonds is 8. The first-order chi connectivity index (χ1) is 25.0. The van der Waals surface area contributed by atoms with Crippen molar-refractivity contribution in [3.05, 3.63) is 130 Å². The Morgan fingerprint density at radius 1 is 0.566 bits per heavy atom. The molecule has 6 rings (SSSR count). The van der Waals surface area contributed by atoms with E-state index in [1.165, 1.54) is 103 Å². The molecule has 0 aliphatic heterocycles. The summed E-state index contributed by atoms with van der Waals surface area (Å²) in [6.07, 6.45) is 4.74. The van der Waals surface area contributed by atoms with Gasteiger partial charge < -0.3 is 4.14 Å². The van der Waals surface area contributed by atoms with Gasteiger partial charge in [0.15, 0.2) is 7.98 Å². The Morgan fingerprint density at radius 3 is 1.19 bits per heavy atom. The minimum absolute atomic E-state index is 0.826. The molecule has 0 spiro atoms. The van der Waals surface area contributed by atoms with Crippen molar-refractivity contribution in [2.45, 2.75) is 107 Å². The van der Waals surface area contributed by atoms with Crippen LogP contribution in [0.1, 0.15) is 60.1 Å². The summed E-state index contributed by atoms with van der Waals surface area (Å²) in [5.74, 6) is 0. The van der Waals surface area contributed by atoms with Gasteiger partial charge in [0.2, 0.25) is 0 Å². The molecule has 7 heteroatoms. The predicted molar refractivity (Wildman–Crippen MR) is 243 cm³/mol. The zero-order chi connectivity index (χ0) is 39.5. The van der Waals surface area contributed by atoms with Gasteiger partial charge in [-0.2, -0.15) is 12.1 Å². The fraction of sp³-hybridized carbons (Fsp3) is 0.348. The molecule has 0 atom stereocenters. The van der Waals surface area contributed by atoms with E-state index in [9.17, 15) is 0 Å². The van der Waals surface area contributed by atoms with Crippen molar-refractivity contribution in [1.82, 2.24) is 4.14 Å². The number of benzene rings is 4. The van der Waals surface area contributed by atoms with Crippen molar-refractivity contribution in [1.29, 1.82) is 0 Å². The number of hydrogen-bond donors (Lipinski definition) is 0. The Kier molecular flexibility index (Phi) is 17.8. The van der Waals surface area contributed by atoms with E-state index in [0.717, 1.165) is 0 Å². The molecule has 0 N–H and O–H groups in total. The monoisotopic (exact) mass is 853 g/mol. The van der Waals surface area contributed by atoms with Crippen LogP contribution >= 0.6 is 17.0 Å². The van der Waals surface area contributed by atoms with E-state index >= 15 is 0 Å². The second kappa shape index (κ2) is 20.8. The first-order valence-corrected chi connectivity index (χ1v) is 32.2. The summed E-state index contributed by atoms with van der Waals surface area (Å²) in [5.41, 5.74) is 13.9. The van der Waals surface area contributed by atoms with Crippen molar-refractivity contribution in [2.24, 2.45) is 0 Å². The molecule has 6 aromatic rings. The van der Waals surface area contributed by atoms with Gasteiger partial charge in [-0.25, -0.2) is 0 Å². The summed E-state index contributed by atoms with van der Waals surface area (Å²) >= 11 is -0.826. The van der Waals surface area contributed by atoms with E-state index < -0.39 is 37.3 Å². The first-order valence-electron chi connectivity index (χ1n) is 19.0. The Morgan fingerprint density at radius 2 is 0.887 bits per heavy atom. The number of hydrogen-bond acceptors (Lipinski definition) is 1. The zero-order valence-electron chi connectivity index (χ0n) is 34.3. The van der Waals surface area contributed by atoms with Crippen LogP contribution in [0.3, 0.4) is 0 Å². The summed E-state index contributed by atoms with van der Waals surface area (Å²) in [4.78, 5) is 0. The predicted octanol–water partition coefficient (Wildman–Crippen LogP) is 15.0. The van der Waals surface area contributed by atoms with Crippen molar-refractivity contribution < 1.29 is 20.8 Å². The molecule has 1 nitrogen and oxygen atoms in total. The van der Waals surface area contributed by atoms with Gasteiger partial charge in [-0.05, 0) is 73.9 Å². The fourth-order valence-corrected chi connectivity index (χ4v) is 15.1. The van der Waals surface area contributed by atoms with Crippen LogP contribution in [0.2, 0.25) is 39.3 Å². The van der Waals surface area contributed by atoms with Crippen LogP contribution in [0, 0.1) is 27.7 Å². The summed E-state index contributed by atoms with van der Waals surface area (Å²) in [6, 6.07) is 35.9. The summed E-state index contributed by atoms with van der Waals surface area (Å²) in [7, 11) is 13.4. The first kappa shape index (κ1) is 45.4. The Balaban J connectivity index is 0.000000218. The summed E-state index contributed by atoms with van der Waals surface area (Å²) in [5, 5.41) is 5.52. The normalized spacial score (nSPS) is 11.3. The van der Waals surface area contributed by atoms with Crippen LogP contribution in [0.25, 0.3) is 43.8 Å². The van der Waals surface area contributed by atoms with Crippen LogP contribution < -0.4 is 0 Å². The van der Waals surface area contributed by atoms with Gasteiger partial charge in [-0.15, -0.1) is 69.1 Å². The fourth-order valence-electron chi connectivity index (χ4n) is 7.02. The molecule has 0 fully saturated rings. The number of aryl methyl sites for hydroxylation is 4. The van der Waals surface area contributed by atoms with Crippen molar-refractivity contribution in [2.75, 3.05) is 0 Å². The molecule has 0 aliphatic carbocycles. The van der Waals surface area contributed by atoms with Gasteiger partial charge in [0.1, 0.15) is 16.5 Å². The molecule has 0 saturated heterocycles. The third kappa shape index (κ3) is 12.5. The quantitative estimate of drug-likeness (QED) is 0.109. The Bertz CT molecular complexity index is 1910. The average Bonchev–Trinajstić information content (AvgIpc) is 3.71. The molecule has 0 aliphatic rings. The second-order valence-corrected chi connectivity index (χ2v) is 29.9. The number of fused-ring (bicyclic) bond motifs is 2. The van der Waals surface area contributed by atoms with Crippen molar-refractivity contribution >= 4 is 63.0 Å². The maximum absolute atomic E-state index is 5.98. The molecule has 0 heterocycles. The second-order valence-electron chi connectivity index (χ2n) is 16.1. The number of halogens is 2. The van der Waals surface area contributed by atoms with Gasteiger partial charge in [-0.3, -0.25) is 0 Å². The maximum atomic E-state index is 5.98. The molecule has 0 unspecified atom stereocenters. The van der Waals surface area contributed by atoms with E-state index in [2.05, 4.69) is 182 Å². The van der Waals surface area contributed by atoms with Crippen LogP contribution in [0.4, 0.5) is 0 Å². The molecule has 278 valence electrons. The van der Waals surface area contributed by atoms with Crippen molar-refractivity contribution in [3.8, 4) is 22.3 Å². The van der Waals surface area contributed by atoms with E-state index in [1.807, 2.05) is 0 Å².